The number of benzene rings is 2. The second-order valence-corrected chi connectivity index (χ2v) is 5.65. The molecule has 2 aromatic carbocycles. The lowest BCUT2D eigenvalue weighted by atomic mass is 10.1. The van der Waals surface area contributed by atoms with Crippen molar-refractivity contribution in [2.75, 3.05) is 14.2 Å². The molecule has 2 rings (SSSR count). The van der Waals surface area contributed by atoms with Crippen molar-refractivity contribution in [1.29, 1.82) is 0 Å². The number of halogens is 1. The van der Waals surface area contributed by atoms with Gasteiger partial charge in [0.1, 0.15) is 11.5 Å². The largest absolute Gasteiger partial charge is 0.496 e. The molecule has 0 amide bonds. The summed E-state index contributed by atoms with van der Waals surface area (Å²) in [4.78, 5) is 12.2. The Kier molecular flexibility index (Phi) is 5.39. The highest BCUT2D eigenvalue weighted by Crippen LogP contribution is 2.33. The molecule has 4 heteroatoms. The molecule has 0 aliphatic rings. The van der Waals surface area contributed by atoms with Crippen LogP contribution in [0.1, 0.15) is 21.5 Å². The van der Waals surface area contributed by atoms with E-state index in [4.69, 9.17) is 9.47 Å². The van der Waals surface area contributed by atoms with E-state index >= 15 is 0 Å². The molecule has 0 saturated carbocycles. The highest BCUT2D eigenvalue weighted by atomic mass is 79.9. The number of aryl methyl sites for hydroxylation is 1. The lowest BCUT2D eigenvalue weighted by molar-refractivity contribution is 0.104. The normalized spacial score (nSPS) is 10.7. The highest BCUT2D eigenvalue weighted by molar-refractivity contribution is 9.10. The van der Waals surface area contributed by atoms with Crippen molar-refractivity contribution in [3.8, 4) is 11.5 Å². The van der Waals surface area contributed by atoms with Gasteiger partial charge in [-0.15, -0.1) is 0 Å². The van der Waals surface area contributed by atoms with Crippen LogP contribution < -0.4 is 9.47 Å². The first kappa shape index (κ1) is 16.3. The number of rotatable bonds is 5. The van der Waals surface area contributed by atoms with E-state index in [0.29, 0.717) is 17.1 Å². The van der Waals surface area contributed by atoms with Gasteiger partial charge in [-0.1, -0.05) is 29.8 Å². The third kappa shape index (κ3) is 3.77. The van der Waals surface area contributed by atoms with Crippen LogP contribution in [0.15, 0.2) is 46.9 Å². The Morgan fingerprint density at radius 3 is 2.27 bits per heavy atom. The monoisotopic (exact) mass is 360 g/mol. The summed E-state index contributed by atoms with van der Waals surface area (Å²) >= 11 is 3.43. The van der Waals surface area contributed by atoms with Gasteiger partial charge in [-0.25, -0.2) is 0 Å². The van der Waals surface area contributed by atoms with Gasteiger partial charge >= 0.3 is 0 Å². The summed E-state index contributed by atoms with van der Waals surface area (Å²) in [5.41, 5.74) is 2.59. The van der Waals surface area contributed by atoms with Crippen LogP contribution in [-0.4, -0.2) is 20.0 Å². The van der Waals surface area contributed by atoms with E-state index in [1.165, 1.54) is 0 Å². The van der Waals surface area contributed by atoms with Gasteiger partial charge < -0.3 is 9.47 Å². The third-order valence-electron chi connectivity index (χ3n) is 3.25. The van der Waals surface area contributed by atoms with Crippen molar-refractivity contribution in [2.45, 2.75) is 6.92 Å². The van der Waals surface area contributed by atoms with Crippen LogP contribution in [0.2, 0.25) is 0 Å². The molecule has 0 unspecified atom stereocenters. The van der Waals surface area contributed by atoms with Crippen LogP contribution in [0.25, 0.3) is 6.08 Å². The van der Waals surface area contributed by atoms with Crippen molar-refractivity contribution in [2.24, 2.45) is 0 Å². The molecule has 0 radical (unpaired) electrons. The smallest absolute Gasteiger partial charge is 0.185 e. The van der Waals surface area contributed by atoms with Crippen LogP contribution in [0.5, 0.6) is 11.5 Å². The number of methoxy groups -OCH3 is 2. The summed E-state index contributed by atoms with van der Waals surface area (Å²) < 4.78 is 11.4. The molecule has 0 atom stereocenters. The maximum Gasteiger partial charge on any atom is 0.185 e. The Hall–Kier alpha value is -2.07. The number of hydrogen-bond acceptors (Lipinski definition) is 3. The van der Waals surface area contributed by atoms with Gasteiger partial charge in [0.25, 0.3) is 0 Å². The van der Waals surface area contributed by atoms with Crippen LogP contribution in [0, 0.1) is 6.92 Å². The molecule has 0 bridgehead atoms. The predicted octanol–water partition coefficient (Wildman–Crippen LogP) is 4.67. The number of carbonyl (C=O) groups is 1. The van der Waals surface area contributed by atoms with E-state index < -0.39 is 0 Å². The summed E-state index contributed by atoms with van der Waals surface area (Å²) in [5.74, 6) is 1.28. The molecule has 22 heavy (non-hydrogen) atoms. The summed E-state index contributed by atoms with van der Waals surface area (Å²) in [5, 5.41) is 0. The summed E-state index contributed by atoms with van der Waals surface area (Å²) in [6, 6.07) is 11.1. The fraction of sp³-hybridized carbons (Fsp3) is 0.167. The number of allylic oxidation sites excluding steroid dienone is 1. The molecule has 0 aromatic heterocycles. The molecular formula is C18H17BrO3. The standard InChI is InChI=1S/C18H17BrO3/c1-12-4-6-13(7-5-12)16(20)9-8-14-10-15(19)18(22-3)11-17(14)21-2/h4-11H,1-3H3/b9-8+. The molecule has 0 saturated heterocycles. The lowest BCUT2D eigenvalue weighted by Crippen LogP contribution is -1.95. The molecule has 0 N–H and O–H groups in total. The second-order valence-electron chi connectivity index (χ2n) is 4.79. The molecule has 3 nitrogen and oxygen atoms in total. The topological polar surface area (TPSA) is 35.5 Å². The molecular weight excluding hydrogens is 344 g/mol. The highest BCUT2D eigenvalue weighted by Gasteiger charge is 2.08. The summed E-state index contributed by atoms with van der Waals surface area (Å²) in [7, 11) is 3.18. The molecule has 0 heterocycles. The van der Waals surface area contributed by atoms with Crippen molar-refractivity contribution >= 4 is 27.8 Å². The minimum Gasteiger partial charge on any atom is -0.496 e. The third-order valence-corrected chi connectivity index (χ3v) is 3.87. The summed E-state index contributed by atoms with van der Waals surface area (Å²) in [6.45, 7) is 1.99. The minimum absolute atomic E-state index is 0.0472. The van der Waals surface area contributed by atoms with Gasteiger partial charge in [0.05, 0.1) is 18.7 Å². The Labute approximate surface area is 138 Å². The van der Waals surface area contributed by atoms with Gasteiger partial charge in [0, 0.05) is 17.2 Å². The maximum atomic E-state index is 12.2. The van der Waals surface area contributed by atoms with Gasteiger partial charge in [-0.2, -0.15) is 0 Å². The number of carbonyl (C=O) groups excluding carboxylic acids is 1. The van der Waals surface area contributed by atoms with Crippen LogP contribution in [-0.2, 0) is 0 Å². The Balaban J connectivity index is 2.27. The predicted molar refractivity (Wildman–Crippen MR) is 91.8 cm³/mol. The van der Waals surface area contributed by atoms with Crippen molar-refractivity contribution in [1.82, 2.24) is 0 Å². The van der Waals surface area contributed by atoms with Crippen LogP contribution >= 0.6 is 15.9 Å². The van der Waals surface area contributed by atoms with E-state index in [1.54, 1.807) is 32.4 Å². The Bertz CT molecular complexity index is 703. The molecule has 2 aromatic rings. The van der Waals surface area contributed by atoms with Crippen molar-refractivity contribution < 1.29 is 14.3 Å². The zero-order valence-corrected chi connectivity index (χ0v) is 14.3. The lowest BCUT2D eigenvalue weighted by Gasteiger charge is -2.09. The molecule has 0 aliphatic carbocycles. The van der Waals surface area contributed by atoms with Gasteiger partial charge in [0.15, 0.2) is 5.78 Å². The van der Waals surface area contributed by atoms with E-state index in [-0.39, 0.29) is 5.78 Å². The fourth-order valence-corrected chi connectivity index (χ4v) is 2.52. The molecule has 0 fully saturated rings. The maximum absolute atomic E-state index is 12.2. The van der Waals surface area contributed by atoms with E-state index in [9.17, 15) is 4.79 Å². The van der Waals surface area contributed by atoms with Crippen molar-refractivity contribution in [3.63, 3.8) is 0 Å². The molecule has 114 valence electrons. The number of hydrogen-bond donors (Lipinski definition) is 0. The van der Waals surface area contributed by atoms with Gasteiger partial charge in [-0.3, -0.25) is 4.79 Å². The second kappa shape index (κ2) is 7.27. The first-order valence-electron chi connectivity index (χ1n) is 6.75. The quantitative estimate of drug-likeness (QED) is 0.574. The van der Waals surface area contributed by atoms with E-state index in [0.717, 1.165) is 15.6 Å². The fourth-order valence-electron chi connectivity index (χ4n) is 1.99. The first-order chi connectivity index (χ1) is 10.5. The summed E-state index contributed by atoms with van der Waals surface area (Å²) in [6.07, 6.45) is 3.28. The molecule has 0 spiro atoms. The van der Waals surface area contributed by atoms with Crippen LogP contribution in [0.3, 0.4) is 0 Å². The van der Waals surface area contributed by atoms with Gasteiger partial charge in [-0.05, 0) is 41.1 Å². The Morgan fingerprint density at radius 1 is 1.05 bits per heavy atom. The first-order valence-corrected chi connectivity index (χ1v) is 7.55. The number of ether oxygens (including phenoxy) is 2. The zero-order valence-electron chi connectivity index (χ0n) is 12.7. The molecule has 0 aliphatic heterocycles. The number of ketones is 1. The van der Waals surface area contributed by atoms with Crippen LogP contribution in [0.4, 0.5) is 0 Å². The average molecular weight is 361 g/mol. The Morgan fingerprint density at radius 2 is 1.68 bits per heavy atom. The van der Waals surface area contributed by atoms with Gasteiger partial charge in [0.2, 0.25) is 0 Å². The van der Waals surface area contributed by atoms with E-state index in [2.05, 4.69) is 15.9 Å². The van der Waals surface area contributed by atoms with E-state index in [1.807, 2.05) is 37.3 Å². The average Bonchev–Trinajstić information content (AvgIpc) is 2.53. The zero-order chi connectivity index (χ0) is 16.1. The minimum atomic E-state index is -0.0472. The van der Waals surface area contributed by atoms with Crippen molar-refractivity contribution in [3.05, 3.63) is 63.6 Å². The SMILES string of the molecule is COc1cc(OC)c(/C=C/C(=O)c2ccc(C)cc2)cc1Br.